The Kier molecular flexibility index (Phi) is 3.20. The second kappa shape index (κ2) is 4.80. The number of amides is 1. The van der Waals surface area contributed by atoms with Crippen molar-refractivity contribution in [3.05, 3.63) is 47.1 Å². The standard InChI is InChI=1S/C11H9ClN4O/c12-8-4-3-7(6-9(8)13)11(17)15-10-2-1-5-14-16-10/h1-6H,13H2,(H,15,16,17). The van der Waals surface area contributed by atoms with Gasteiger partial charge in [-0.15, -0.1) is 5.10 Å². The number of rotatable bonds is 2. The summed E-state index contributed by atoms with van der Waals surface area (Å²) in [6.45, 7) is 0. The minimum atomic E-state index is -0.311. The Bertz CT molecular complexity index is 544. The molecule has 86 valence electrons. The quantitative estimate of drug-likeness (QED) is 0.796. The molecule has 17 heavy (non-hydrogen) atoms. The molecule has 0 saturated heterocycles. The van der Waals surface area contributed by atoms with Crippen LogP contribution in [0.5, 0.6) is 0 Å². The first-order valence-corrected chi connectivity index (χ1v) is 5.18. The molecule has 0 spiro atoms. The van der Waals surface area contributed by atoms with Crippen molar-refractivity contribution < 1.29 is 4.79 Å². The highest BCUT2D eigenvalue weighted by Crippen LogP contribution is 2.19. The van der Waals surface area contributed by atoms with Gasteiger partial charge in [0.05, 0.1) is 10.7 Å². The van der Waals surface area contributed by atoms with Crippen LogP contribution in [0.1, 0.15) is 10.4 Å². The number of hydrogen-bond acceptors (Lipinski definition) is 4. The first-order chi connectivity index (χ1) is 8.16. The van der Waals surface area contributed by atoms with Crippen molar-refractivity contribution in [3.63, 3.8) is 0 Å². The topological polar surface area (TPSA) is 80.9 Å². The van der Waals surface area contributed by atoms with Gasteiger partial charge in [-0.2, -0.15) is 5.10 Å². The van der Waals surface area contributed by atoms with Gasteiger partial charge >= 0.3 is 0 Å². The van der Waals surface area contributed by atoms with Crippen molar-refractivity contribution in [2.45, 2.75) is 0 Å². The van der Waals surface area contributed by atoms with Gasteiger partial charge in [-0.1, -0.05) is 11.6 Å². The van der Waals surface area contributed by atoms with Gasteiger partial charge < -0.3 is 11.1 Å². The molecule has 5 nitrogen and oxygen atoms in total. The summed E-state index contributed by atoms with van der Waals surface area (Å²) in [6.07, 6.45) is 1.52. The Hall–Kier alpha value is -2.14. The second-order valence-electron chi connectivity index (χ2n) is 3.30. The van der Waals surface area contributed by atoms with Gasteiger partial charge in [-0.25, -0.2) is 0 Å². The highest BCUT2D eigenvalue weighted by atomic mass is 35.5. The van der Waals surface area contributed by atoms with E-state index in [0.717, 1.165) is 0 Å². The highest BCUT2D eigenvalue weighted by molar-refractivity contribution is 6.33. The monoisotopic (exact) mass is 248 g/mol. The van der Waals surface area contributed by atoms with Crippen LogP contribution in [0, 0.1) is 0 Å². The Labute approximate surface area is 103 Å². The van der Waals surface area contributed by atoms with Crippen LogP contribution in [-0.4, -0.2) is 16.1 Å². The van der Waals surface area contributed by atoms with Crippen molar-refractivity contribution in [2.75, 3.05) is 11.1 Å². The van der Waals surface area contributed by atoms with Crippen LogP contribution in [0.2, 0.25) is 5.02 Å². The molecule has 1 heterocycles. The molecule has 0 aliphatic rings. The Morgan fingerprint density at radius 3 is 2.82 bits per heavy atom. The number of aromatic nitrogens is 2. The number of anilines is 2. The summed E-state index contributed by atoms with van der Waals surface area (Å²) in [5.41, 5.74) is 6.39. The molecule has 0 saturated carbocycles. The van der Waals surface area contributed by atoms with Crippen LogP contribution in [0.3, 0.4) is 0 Å². The van der Waals surface area contributed by atoms with E-state index in [1.807, 2.05) is 0 Å². The molecule has 2 aromatic rings. The van der Waals surface area contributed by atoms with E-state index in [1.165, 1.54) is 12.3 Å². The zero-order valence-corrected chi connectivity index (χ0v) is 9.48. The minimum Gasteiger partial charge on any atom is -0.398 e. The highest BCUT2D eigenvalue weighted by Gasteiger charge is 2.08. The second-order valence-corrected chi connectivity index (χ2v) is 3.71. The summed E-state index contributed by atoms with van der Waals surface area (Å²) in [5, 5.41) is 10.4. The van der Waals surface area contributed by atoms with Gasteiger partial charge in [0.15, 0.2) is 5.82 Å². The lowest BCUT2D eigenvalue weighted by molar-refractivity contribution is 0.102. The van der Waals surface area contributed by atoms with Gasteiger partial charge in [0.25, 0.3) is 5.91 Å². The molecule has 1 amide bonds. The maximum atomic E-state index is 11.8. The molecule has 0 aliphatic heterocycles. The smallest absolute Gasteiger partial charge is 0.256 e. The van der Waals surface area contributed by atoms with Crippen LogP contribution in [-0.2, 0) is 0 Å². The molecule has 2 rings (SSSR count). The number of hydrogen-bond donors (Lipinski definition) is 2. The third kappa shape index (κ3) is 2.70. The van der Waals surface area contributed by atoms with Crippen molar-refractivity contribution in [1.82, 2.24) is 10.2 Å². The van der Waals surface area contributed by atoms with Crippen molar-refractivity contribution in [2.24, 2.45) is 0 Å². The van der Waals surface area contributed by atoms with E-state index in [0.29, 0.717) is 22.1 Å². The van der Waals surface area contributed by atoms with Crippen LogP contribution < -0.4 is 11.1 Å². The number of carbonyl (C=O) groups is 1. The predicted molar refractivity (Wildman–Crippen MR) is 65.8 cm³/mol. The number of nitrogens with one attached hydrogen (secondary N) is 1. The normalized spacial score (nSPS) is 9.94. The van der Waals surface area contributed by atoms with E-state index < -0.39 is 0 Å². The van der Waals surface area contributed by atoms with Gasteiger partial charge in [0, 0.05) is 11.8 Å². The van der Waals surface area contributed by atoms with Crippen LogP contribution in [0.4, 0.5) is 11.5 Å². The molecule has 1 aromatic carbocycles. The molecule has 0 unspecified atom stereocenters. The maximum Gasteiger partial charge on any atom is 0.256 e. The summed E-state index contributed by atoms with van der Waals surface area (Å²) in [5.74, 6) is 0.0693. The molecule has 6 heteroatoms. The first-order valence-electron chi connectivity index (χ1n) is 4.81. The Balaban J connectivity index is 2.18. The van der Waals surface area contributed by atoms with E-state index in [-0.39, 0.29) is 5.91 Å². The average molecular weight is 249 g/mol. The molecular formula is C11H9ClN4O. The van der Waals surface area contributed by atoms with E-state index in [4.69, 9.17) is 17.3 Å². The molecule has 0 atom stereocenters. The lowest BCUT2D eigenvalue weighted by Crippen LogP contribution is -2.13. The van der Waals surface area contributed by atoms with Gasteiger partial charge in [0.2, 0.25) is 0 Å². The van der Waals surface area contributed by atoms with Gasteiger partial charge in [-0.3, -0.25) is 4.79 Å². The summed E-state index contributed by atoms with van der Waals surface area (Å²) in [6, 6.07) is 7.99. The number of nitrogens with zero attached hydrogens (tertiary/aromatic N) is 2. The lowest BCUT2D eigenvalue weighted by atomic mass is 10.2. The zero-order valence-electron chi connectivity index (χ0n) is 8.72. The Morgan fingerprint density at radius 1 is 1.35 bits per heavy atom. The third-order valence-corrected chi connectivity index (χ3v) is 2.42. The fourth-order valence-electron chi connectivity index (χ4n) is 1.24. The van der Waals surface area contributed by atoms with Crippen molar-refractivity contribution >= 4 is 29.0 Å². The average Bonchev–Trinajstić information content (AvgIpc) is 2.34. The van der Waals surface area contributed by atoms with Crippen LogP contribution in [0.25, 0.3) is 0 Å². The van der Waals surface area contributed by atoms with Crippen molar-refractivity contribution in [1.29, 1.82) is 0 Å². The fourth-order valence-corrected chi connectivity index (χ4v) is 1.36. The fraction of sp³-hybridized carbons (Fsp3) is 0. The zero-order chi connectivity index (χ0) is 12.3. The van der Waals surface area contributed by atoms with E-state index in [2.05, 4.69) is 15.5 Å². The maximum absolute atomic E-state index is 11.8. The molecule has 1 aromatic heterocycles. The molecule has 0 aliphatic carbocycles. The molecule has 0 fully saturated rings. The number of carbonyl (C=O) groups excluding carboxylic acids is 1. The summed E-state index contributed by atoms with van der Waals surface area (Å²) in [4.78, 5) is 11.8. The number of benzene rings is 1. The van der Waals surface area contributed by atoms with E-state index >= 15 is 0 Å². The Morgan fingerprint density at radius 2 is 2.18 bits per heavy atom. The molecule has 3 N–H and O–H groups in total. The predicted octanol–water partition coefficient (Wildman–Crippen LogP) is 1.96. The summed E-state index contributed by atoms with van der Waals surface area (Å²) < 4.78 is 0. The largest absolute Gasteiger partial charge is 0.398 e. The van der Waals surface area contributed by atoms with E-state index in [1.54, 1.807) is 24.3 Å². The van der Waals surface area contributed by atoms with Crippen LogP contribution >= 0.6 is 11.6 Å². The minimum absolute atomic E-state index is 0.311. The van der Waals surface area contributed by atoms with Gasteiger partial charge in [0.1, 0.15) is 0 Å². The van der Waals surface area contributed by atoms with Crippen LogP contribution in [0.15, 0.2) is 36.5 Å². The van der Waals surface area contributed by atoms with Crippen molar-refractivity contribution in [3.8, 4) is 0 Å². The molecule has 0 radical (unpaired) electrons. The molecule has 0 bridgehead atoms. The SMILES string of the molecule is Nc1cc(C(=O)Nc2cccnn2)ccc1Cl. The first kappa shape index (κ1) is 11.3. The molecular weight excluding hydrogens is 240 g/mol. The van der Waals surface area contributed by atoms with Gasteiger partial charge in [-0.05, 0) is 30.3 Å². The number of nitrogen functional groups attached to an aromatic ring is 1. The number of nitrogens with two attached hydrogens (primary N) is 1. The summed E-state index contributed by atoms with van der Waals surface area (Å²) in [7, 11) is 0. The third-order valence-electron chi connectivity index (χ3n) is 2.07. The lowest BCUT2D eigenvalue weighted by Gasteiger charge is -2.04. The summed E-state index contributed by atoms with van der Waals surface area (Å²) >= 11 is 5.77. The van der Waals surface area contributed by atoms with E-state index in [9.17, 15) is 4.79 Å². The number of halogens is 1.